The highest BCUT2D eigenvalue weighted by Crippen LogP contribution is 2.28. The average molecular weight is 415 g/mol. The van der Waals surface area contributed by atoms with E-state index in [9.17, 15) is 13.6 Å². The molecule has 1 amide bonds. The van der Waals surface area contributed by atoms with Crippen molar-refractivity contribution in [2.75, 3.05) is 5.32 Å². The fourth-order valence-corrected chi connectivity index (χ4v) is 3.38. The largest absolute Gasteiger partial charge is 0.474 e. The zero-order chi connectivity index (χ0) is 21.1. The summed E-state index contributed by atoms with van der Waals surface area (Å²) in [5.41, 5.74) is 5.64. The number of carbonyl (C=O) groups excluding carboxylic acids is 1. The van der Waals surface area contributed by atoms with Gasteiger partial charge in [-0.05, 0) is 49.9 Å². The van der Waals surface area contributed by atoms with Crippen LogP contribution in [-0.2, 0) is 0 Å². The number of nitrogens with one attached hydrogen (secondary N) is 1. The van der Waals surface area contributed by atoms with Crippen molar-refractivity contribution in [3.8, 4) is 17.3 Å². The molecule has 3 N–H and O–H groups in total. The Kier molecular flexibility index (Phi) is 5.55. The van der Waals surface area contributed by atoms with Gasteiger partial charge in [-0.2, -0.15) is 0 Å². The molecule has 10 heteroatoms. The molecular weight excluding hydrogens is 396 g/mol. The number of carbonyl (C=O) groups is 1. The summed E-state index contributed by atoms with van der Waals surface area (Å²) in [7, 11) is 0. The molecule has 1 aliphatic rings. The lowest BCUT2D eigenvalue weighted by molar-refractivity contribution is 0.0983. The first kappa shape index (κ1) is 19.7. The monoisotopic (exact) mass is 415 g/mol. The third-order valence-corrected chi connectivity index (χ3v) is 4.90. The molecule has 156 valence electrons. The third-order valence-electron chi connectivity index (χ3n) is 4.90. The Hall–Kier alpha value is -3.56. The molecule has 3 aromatic rings. The summed E-state index contributed by atoms with van der Waals surface area (Å²) in [5.74, 6) is -1.82. The number of pyridine rings is 1. The van der Waals surface area contributed by atoms with Gasteiger partial charge >= 0.3 is 6.01 Å². The number of benzene rings is 1. The molecule has 8 nitrogen and oxygen atoms in total. The smallest absolute Gasteiger partial charge is 0.315 e. The van der Waals surface area contributed by atoms with Crippen molar-refractivity contribution >= 4 is 11.9 Å². The quantitative estimate of drug-likeness (QED) is 0.634. The van der Waals surface area contributed by atoms with E-state index < -0.39 is 17.5 Å². The fraction of sp³-hybridized carbons (Fsp3) is 0.300. The average Bonchev–Trinajstić information content (AvgIpc) is 3.18. The molecule has 1 fully saturated rings. The molecule has 2 heterocycles. The van der Waals surface area contributed by atoms with Crippen molar-refractivity contribution in [2.45, 2.75) is 37.8 Å². The number of rotatable bonds is 6. The number of nitrogens with two attached hydrogens (primary N) is 1. The highest BCUT2D eigenvalue weighted by Gasteiger charge is 2.25. The summed E-state index contributed by atoms with van der Waals surface area (Å²) in [6.07, 6.45) is 4.41. The van der Waals surface area contributed by atoms with E-state index in [-0.39, 0.29) is 41.1 Å². The topological polar surface area (TPSA) is 116 Å². The van der Waals surface area contributed by atoms with E-state index in [1.807, 2.05) is 0 Å². The summed E-state index contributed by atoms with van der Waals surface area (Å²) in [5, 5.41) is 10.8. The van der Waals surface area contributed by atoms with E-state index in [0.717, 1.165) is 37.8 Å². The predicted octanol–water partition coefficient (Wildman–Crippen LogP) is 3.31. The Morgan fingerprint density at radius 1 is 1.17 bits per heavy atom. The number of hydrogen-bond acceptors (Lipinski definition) is 7. The van der Waals surface area contributed by atoms with Crippen molar-refractivity contribution < 1.29 is 22.7 Å². The minimum absolute atomic E-state index is 0.0267. The summed E-state index contributed by atoms with van der Waals surface area (Å²) >= 11 is 0. The molecule has 1 saturated carbocycles. The van der Waals surface area contributed by atoms with Crippen molar-refractivity contribution in [1.82, 2.24) is 15.2 Å². The van der Waals surface area contributed by atoms with Crippen LogP contribution in [0.4, 0.5) is 14.8 Å². The molecule has 1 aromatic carbocycles. The zero-order valence-electron chi connectivity index (χ0n) is 15.8. The van der Waals surface area contributed by atoms with Crippen LogP contribution < -0.4 is 15.8 Å². The fourth-order valence-electron chi connectivity index (χ4n) is 3.38. The van der Waals surface area contributed by atoms with Gasteiger partial charge in [0.1, 0.15) is 23.3 Å². The van der Waals surface area contributed by atoms with E-state index in [4.69, 9.17) is 14.9 Å². The van der Waals surface area contributed by atoms with Crippen LogP contribution in [-0.4, -0.2) is 33.2 Å². The molecule has 0 radical (unpaired) electrons. The van der Waals surface area contributed by atoms with Crippen LogP contribution in [0.5, 0.6) is 5.88 Å². The van der Waals surface area contributed by atoms with Crippen LogP contribution in [0, 0.1) is 11.6 Å². The van der Waals surface area contributed by atoms with Gasteiger partial charge in [-0.25, -0.2) is 13.8 Å². The zero-order valence-corrected chi connectivity index (χ0v) is 15.8. The van der Waals surface area contributed by atoms with Crippen molar-refractivity contribution in [1.29, 1.82) is 0 Å². The molecule has 0 spiro atoms. The first-order valence-corrected chi connectivity index (χ1v) is 9.46. The SMILES string of the molecule is NC(=O)c1cccnc1OC1CCC(Nc2nnc(-c3ccc(F)cc3F)o2)CC1. The summed E-state index contributed by atoms with van der Waals surface area (Å²) < 4.78 is 38.3. The third kappa shape index (κ3) is 4.37. The molecule has 30 heavy (non-hydrogen) atoms. The van der Waals surface area contributed by atoms with E-state index >= 15 is 0 Å². The highest BCUT2D eigenvalue weighted by molar-refractivity contribution is 5.94. The van der Waals surface area contributed by atoms with Crippen LogP contribution in [0.1, 0.15) is 36.0 Å². The maximum absolute atomic E-state index is 13.9. The molecule has 1 aliphatic carbocycles. The molecule has 0 saturated heterocycles. The number of aromatic nitrogens is 3. The van der Waals surface area contributed by atoms with Gasteiger partial charge in [0.05, 0.1) is 5.56 Å². The Bertz CT molecular complexity index is 1050. The van der Waals surface area contributed by atoms with E-state index in [1.54, 1.807) is 18.3 Å². The van der Waals surface area contributed by atoms with Crippen molar-refractivity contribution in [2.24, 2.45) is 5.73 Å². The summed E-state index contributed by atoms with van der Waals surface area (Å²) in [6.45, 7) is 0. The van der Waals surface area contributed by atoms with Crippen LogP contribution in [0.25, 0.3) is 11.5 Å². The van der Waals surface area contributed by atoms with Crippen molar-refractivity contribution in [3.63, 3.8) is 0 Å². The lowest BCUT2D eigenvalue weighted by Gasteiger charge is -2.28. The van der Waals surface area contributed by atoms with E-state index in [2.05, 4.69) is 20.5 Å². The first-order valence-electron chi connectivity index (χ1n) is 9.46. The Labute approximate surface area is 170 Å². The Morgan fingerprint density at radius 3 is 2.70 bits per heavy atom. The second kappa shape index (κ2) is 8.44. The van der Waals surface area contributed by atoms with Crippen LogP contribution in [0.3, 0.4) is 0 Å². The number of nitrogens with zero attached hydrogens (tertiary/aromatic N) is 3. The minimum Gasteiger partial charge on any atom is -0.474 e. The number of amides is 1. The number of ether oxygens (including phenoxy) is 1. The second-order valence-corrected chi connectivity index (χ2v) is 6.99. The maximum atomic E-state index is 13.9. The lowest BCUT2D eigenvalue weighted by Crippen LogP contribution is -2.32. The molecule has 0 bridgehead atoms. The number of primary amides is 1. The van der Waals surface area contributed by atoms with Gasteiger partial charge in [-0.1, -0.05) is 5.10 Å². The number of hydrogen-bond donors (Lipinski definition) is 2. The highest BCUT2D eigenvalue weighted by atomic mass is 19.1. The molecule has 4 rings (SSSR count). The number of halogens is 2. The molecular formula is C20H19F2N5O3. The van der Waals surface area contributed by atoms with Gasteiger partial charge in [0, 0.05) is 18.3 Å². The van der Waals surface area contributed by atoms with Crippen LogP contribution in [0.15, 0.2) is 40.9 Å². The normalized spacial score (nSPS) is 18.7. The second-order valence-electron chi connectivity index (χ2n) is 6.99. The Morgan fingerprint density at radius 2 is 1.97 bits per heavy atom. The molecule has 0 aliphatic heterocycles. The summed E-state index contributed by atoms with van der Waals surface area (Å²) in [6, 6.07) is 6.58. The van der Waals surface area contributed by atoms with Crippen molar-refractivity contribution in [3.05, 3.63) is 53.7 Å². The lowest BCUT2D eigenvalue weighted by atomic mass is 9.93. The summed E-state index contributed by atoms with van der Waals surface area (Å²) in [4.78, 5) is 15.6. The molecule has 0 unspecified atom stereocenters. The maximum Gasteiger partial charge on any atom is 0.315 e. The van der Waals surface area contributed by atoms with E-state index in [0.29, 0.717) is 0 Å². The van der Waals surface area contributed by atoms with E-state index in [1.165, 1.54) is 6.07 Å². The standard InChI is InChI=1S/C20H19F2N5O3/c21-11-3-8-14(16(22)10-11)19-26-27-20(30-19)25-12-4-6-13(7-5-12)29-18-15(17(23)28)2-1-9-24-18/h1-3,8-10,12-13H,4-7H2,(H2,23,28)(H,25,27). The first-order chi connectivity index (χ1) is 14.5. The van der Waals surface area contributed by atoms with Gasteiger partial charge in [-0.3, -0.25) is 4.79 Å². The van der Waals surface area contributed by atoms with Gasteiger partial charge in [0.2, 0.25) is 5.88 Å². The van der Waals surface area contributed by atoms with Crippen LogP contribution in [0.2, 0.25) is 0 Å². The van der Waals surface area contributed by atoms with Gasteiger partial charge in [0.25, 0.3) is 11.8 Å². The van der Waals surface area contributed by atoms with Crippen LogP contribution >= 0.6 is 0 Å². The van der Waals surface area contributed by atoms with Gasteiger partial charge < -0.3 is 20.2 Å². The minimum atomic E-state index is -0.771. The predicted molar refractivity (Wildman–Crippen MR) is 103 cm³/mol. The van der Waals surface area contributed by atoms with Gasteiger partial charge in [0.15, 0.2) is 0 Å². The molecule has 0 atom stereocenters. The Balaban J connectivity index is 1.33. The molecule has 2 aromatic heterocycles. The van der Waals surface area contributed by atoms with Gasteiger partial charge in [-0.15, -0.1) is 5.10 Å². The number of anilines is 1.